The zero-order valence-corrected chi connectivity index (χ0v) is 14.5. The van der Waals surface area contributed by atoms with E-state index in [-0.39, 0.29) is 28.6 Å². The fourth-order valence-electron chi connectivity index (χ4n) is 1.62. The zero-order chi connectivity index (χ0) is 15.6. The molecule has 0 saturated heterocycles. The van der Waals surface area contributed by atoms with Crippen molar-refractivity contribution in [2.75, 3.05) is 0 Å². The molecule has 0 bridgehead atoms. The summed E-state index contributed by atoms with van der Waals surface area (Å²) in [5.74, 6) is -0.807. The molecule has 0 aliphatic carbocycles. The Bertz CT molecular complexity index is 765. The first-order chi connectivity index (χ1) is 9.83. The highest BCUT2D eigenvalue weighted by atomic mass is 79.9. The monoisotopic (exact) mass is 412 g/mol. The molecule has 0 atom stereocenters. The maximum absolute atomic E-state index is 13.6. The minimum Gasteiger partial charge on any atom is -0.326 e. The summed E-state index contributed by atoms with van der Waals surface area (Å²) in [6.07, 6.45) is 0. The Labute approximate surface area is 139 Å². The highest BCUT2D eigenvalue weighted by molar-refractivity contribution is 9.11. The van der Waals surface area contributed by atoms with Gasteiger partial charge in [-0.05, 0) is 45.8 Å². The first-order valence-corrected chi connectivity index (χ1v) is 9.22. The van der Waals surface area contributed by atoms with Gasteiger partial charge < -0.3 is 5.73 Å². The van der Waals surface area contributed by atoms with Gasteiger partial charge in [-0.25, -0.2) is 17.5 Å². The SMILES string of the molecule is NCc1cc(S(=O)(=O)NCc2ccc(Br)s2)cc(F)c1Cl. The van der Waals surface area contributed by atoms with Crippen molar-refractivity contribution in [2.45, 2.75) is 18.0 Å². The minimum atomic E-state index is -3.83. The molecule has 0 radical (unpaired) electrons. The highest BCUT2D eigenvalue weighted by Gasteiger charge is 2.18. The van der Waals surface area contributed by atoms with E-state index in [4.69, 9.17) is 17.3 Å². The molecule has 21 heavy (non-hydrogen) atoms. The van der Waals surface area contributed by atoms with E-state index in [0.717, 1.165) is 14.7 Å². The summed E-state index contributed by atoms with van der Waals surface area (Å²) >= 11 is 10.4. The van der Waals surface area contributed by atoms with Crippen LogP contribution in [0.1, 0.15) is 10.4 Å². The van der Waals surface area contributed by atoms with Gasteiger partial charge >= 0.3 is 0 Å². The summed E-state index contributed by atoms with van der Waals surface area (Å²) < 4.78 is 41.3. The standard InChI is InChI=1S/C12H11BrClFN2O2S2/c13-11-2-1-8(20-11)6-17-21(18,19)9-3-7(5-16)12(14)10(15)4-9/h1-4,17H,5-6,16H2. The Morgan fingerprint density at radius 2 is 2.10 bits per heavy atom. The van der Waals surface area contributed by atoms with Crippen molar-refractivity contribution in [3.05, 3.63) is 49.3 Å². The van der Waals surface area contributed by atoms with E-state index in [9.17, 15) is 12.8 Å². The van der Waals surface area contributed by atoms with Gasteiger partial charge in [-0.3, -0.25) is 0 Å². The summed E-state index contributed by atoms with van der Waals surface area (Å²) in [5, 5.41) is -0.154. The Balaban J connectivity index is 2.25. The number of hydrogen-bond acceptors (Lipinski definition) is 4. The largest absolute Gasteiger partial charge is 0.326 e. The van der Waals surface area contributed by atoms with Crippen LogP contribution >= 0.6 is 38.9 Å². The summed E-state index contributed by atoms with van der Waals surface area (Å²) in [7, 11) is -3.83. The van der Waals surface area contributed by atoms with Crippen molar-refractivity contribution in [1.29, 1.82) is 0 Å². The highest BCUT2D eigenvalue weighted by Crippen LogP contribution is 2.25. The number of hydrogen-bond donors (Lipinski definition) is 2. The summed E-state index contributed by atoms with van der Waals surface area (Å²) in [5.41, 5.74) is 5.68. The molecule has 1 aromatic heterocycles. The predicted octanol–water partition coefficient (Wildman–Crippen LogP) is 3.24. The van der Waals surface area contributed by atoms with Gasteiger partial charge in [0.25, 0.3) is 0 Å². The third kappa shape index (κ3) is 4.02. The molecule has 0 aliphatic heterocycles. The van der Waals surface area contributed by atoms with E-state index >= 15 is 0 Å². The molecule has 9 heteroatoms. The van der Waals surface area contributed by atoms with E-state index in [2.05, 4.69) is 20.7 Å². The average Bonchev–Trinajstić information content (AvgIpc) is 2.85. The Kier molecular flexibility index (Phi) is 5.39. The third-order valence-corrected chi connectivity index (χ3v) is 6.10. The second-order valence-corrected chi connectivity index (χ2v) is 8.81. The van der Waals surface area contributed by atoms with Gasteiger partial charge in [-0.1, -0.05) is 11.6 Å². The van der Waals surface area contributed by atoms with Crippen molar-refractivity contribution in [3.63, 3.8) is 0 Å². The van der Waals surface area contributed by atoms with Crippen LogP contribution in [0.25, 0.3) is 0 Å². The number of rotatable bonds is 5. The smallest absolute Gasteiger partial charge is 0.241 e. The number of nitrogens with one attached hydrogen (secondary N) is 1. The van der Waals surface area contributed by atoms with Gasteiger partial charge in [-0.15, -0.1) is 11.3 Å². The lowest BCUT2D eigenvalue weighted by Crippen LogP contribution is -2.23. The summed E-state index contributed by atoms with van der Waals surface area (Å²) in [4.78, 5) is 0.638. The van der Waals surface area contributed by atoms with E-state index in [1.54, 1.807) is 6.07 Å². The molecule has 0 amide bonds. The van der Waals surface area contributed by atoms with Gasteiger partial charge in [-0.2, -0.15) is 0 Å². The van der Waals surface area contributed by atoms with Crippen LogP contribution in [-0.2, 0) is 23.1 Å². The minimum absolute atomic E-state index is 0.0447. The third-order valence-electron chi connectivity index (χ3n) is 2.67. The maximum atomic E-state index is 13.6. The molecule has 2 rings (SSSR count). The molecule has 3 N–H and O–H groups in total. The van der Waals surface area contributed by atoms with E-state index in [1.165, 1.54) is 17.4 Å². The van der Waals surface area contributed by atoms with Crippen molar-refractivity contribution in [2.24, 2.45) is 5.73 Å². The molecule has 1 heterocycles. The number of thiophene rings is 1. The number of sulfonamides is 1. The number of halogens is 3. The first kappa shape index (κ1) is 16.9. The Morgan fingerprint density at radius 1 is 1.38 bits per heavy atom. The van der Waals surface area contributed by atoms with Crippen LogP contribution in [0.3, 0.4) is 0 Å². The van der Waals surface area contributed by atoms with Gasteiger partial charge in [0.2, 0.25) is 10.0 Å². The van der Waals surface area contributed by atoms with Crippen LogP contribution < -0.4 is 10.5 Å². The van der Waals surface area contributed by atoms with Crippen LogP contribution in [0.15, 0.2) is 32.9 Å². The fraction of sp³-hybridized carbons (Fsp3) is 0.167. The summed E-state index contributed by atoms with van der Waals surface area (Å²) in [6, 6.07) is 5.78. The van der Waals surface area contributed by atoms with Gasteiger partial charge in [0.15, 0.2) is 0 Å². The topological polar surface area (TPSA) is 72.2 Å². The molecular formula is C12H11BrClFN2O2S2. The van der Waals surface area contributed by atoms with Crippen LogP contribution in [0.4, 0.5) is 4.39 Å². The average molecular weight is 414 g/mol. The van der Waals surface area contributed by atoms with Crippen molar-refractivity contribution < 1.29 is 12.8 Å². The second kappa shape index (κ2) is 6.72. The molecular weight excluding hydrogens is 403 g/mol. The fourth-order valence-corrected chi connectivity index (χ4v) is 4.39. The van der Waals surface area contributed by atoms with Gasteiger partial charge in [0.1, 0.15) is 5.82 Å². The zero-order valence-electron chi connectivity index (χ0n) is 10.6. The molecule has 0 fully saturated rings. The van der Waals surface area contributed by atoms with Crippen molar-refractivity contribution >= 4 is 48.9 Å². The van der Waals surface area contributed by atoms with E-state index in [0.29, 0.717) is 0 Å². The molecule has 2 aromatic rings. The Morgan fingerprint density at radius 3 is 2.67 bits per heavy atom. The van der Waals surface area contributed by atoms with Crippen molar-refractivity contribution in [1.82, 2.24) is 4.72 Å². The normalized spacial score (nSPS) is 11.8. The van der Waals surface area contributed by atoms with Crippen LogP contribution in [0.2, 0.25) is 5.02 Å². The molecule has 1 aromatic carbocycles. The van der Waals surface area contributed by atoms with Crippen LogP contribution in [0, 0.1) is 5.82 Å². The van der Waals surface area contributed by atoms with Crippen LogP contribution in [-0.4, -0.2) is 8.42 Å². The van der Waals surface area contributed by atoms with Gasteiger partial charge in [0, 0.05) is 18.0 Å². The molecule has 4 nitrogen and oxygen atoms in total. The molecule has 0 saturated carbocycles. The first-order valence-electron chi connectivity index (χ1n) is 5.75. The Hall–Kier alpha value is -0.510. The lowest BCUT2D eigenvalue weighted by atomic mass is 10.2. The van der Waals surface area contributed by atoms with E-state index < -0.39 is 15.8 Å². The van der Waals surface area contributed by atoms with Gasteiger partial charge in [0.05, 0.1) is 13.7 Å². The quantitative estimate of drug-likeness (QED) is 0.790. The maximum Gasteiger partial charge on any atom is 0.241 e. The molecule has 114 valence electrons. The predicted molar refractivity (Wildman–Crippen MR) is 85.3 cm³/mol. The lowest BCUT2D eigenvalue weighted by Gasteiger charge is -2.09. The summed E-state index contributed by atoms with van der Waals surface area (Å²) in [6.45, 7) is 0.0811. The molecule has 0 aliphatic rings. The second-order valence-electron chi connectivity index (χ2n) is 4.11. The molecule has 0 unspecified atom stereocenters. The molecule has 0 spiro atoms. The van der Waals surface area contributed by atoms with Crippen molar-refractivity contribution in [3.8, 4) is 0 Å². The number of benzene rings is 1. The van der Waals surface area contributed by atoms with Crippen LogP contribution in [0.5, 0.6) is 0 Å². The lowest BCUT2D eigenvalue weighted by molar-refractivity contribution is 0.577. The van der Waals surface area contributed by atoms with E-state index in [1.807, 2.05) is 6.07 Å². The number of nitrogens with two attached hydrogens (primary N) is 1.